The molecule has 3 aromatic carbocycles. The largest absolute Gasteiger partial charge is 0.493 e. The summed E-state index contributed by atoms with van der Waals surface area (Å²) in [5.74, 6) is 2.54. The molecule has 5 aromatic rings. The fourth-order valence-corrected chi connectivity index (χ4v) is 4.07. The summed E-state index contributed by atoms with van der Waals surface area (Å²) in [5, 5.41) is 3.14. The van der Waals surface area contributed by atoms with E-state index in [1.54, 1.807) is 20.3 Å². The van der Waals surface area contributed by atoms with Gasteiger partial charge in [0.15, 0.2) is 11.5 Å². The number of hydrogen-bond donors (Lipinski definition) is 3. The summed E-state index contributed by atoms with van der Waals surface area (Å²) in [6.07, 6.45) is 0.656. The number of imidazole rings is 2. The molecule has 0 saturated carbocycles. The lowest BCUT2D eigenvalue weighted by Crippen LogP contribution is -2.32. The van der Waals surface area contributed by atoms with Crippen LogP contribution in [0, 0.1) is 0 Å². The second-order valence-electron chi connectivity index (χ2n) is 8.03. The smallest absolute Gasteiger partial charge is 0.225 e. The molecule has 1 amide bonds. The van der Waals surface area contributed by atoms with Gasteiger partial charge in [-0.25, -0.2) is 9.97 Å². The van der Waals surface area contributed by atoms with Crippen LogP contribution in [0.25, 0.3) is 22.1 Å². The number of fused-ring (bicyclic) bond motifs is 2. The first-order chi connectivity index (χ1) is 16.6. The molecule has 34 heavy (non-hydrogen) atoms. The van der Waals surface area contributed by atoms with Gasteiger partial charge in [-0.3, -0.25) is 4.79 Å². The van der Waals surface area contributed by atoms with Crippen molar-refractivity contribution in [2.45, 2.75) is 18.9 Å². The Morgan fingerprint density at radius 1 is 0.882 bits per heavy atom. The summed E-state index contributed by atoms with van der Waals surface area (Å²) in [7, 11) is 3.16. The van der Waals surface area contributed by atoms with Gasteiger partial charge in [0, 0.05) is 6.42 Å². The fourth-order valence-electron chi connectivity index (χ4n) is 4.07. The summed E-state index contributed by atoms with van der Waals surface area (Å²) < 4.78 is 10.7. The van der Waals surface area contributed by atoms with Gasteiger partial charge in [-0.15, -0.1) is 0 Å². The Hall–Kier alpha value is -4.33. The van der Waals surface area contributed by atoms with Crippen LogP contribution in [-0.4, -0.2) is 40.1 Å². The van der Waals surface area contributed by atoms with Gasteiger partial charge in [-0.2, -0.15) is 0 Å². The minimum absolute atomic E-state index is 0.131. The van der Waals surface area contributed by atoms with Gasteiger partial charge in [0.2, 0.25) is 5.91 Å². The second kappa shape index (κ2) is 9.27. The number of carbonyl (C=O) groups is 1. The Balaban J connectivity index is 1.41. The zero-order valence-corrected chi connectivity index (χ0v) is 19.0. The van der Waals surface area contributed by atoms with Crippen molar-refractivity contribution in [2.24, 2.45) is 0 Å². The Kier molecular flexibility index (Phi) is 5.86. The van der Waals surface area contributed by atoms with Crippen LogP contribution < -0.4 is 14.8 Å². The molecular weight excluding hydrogens is 430 g/mol. The molecule has 2 heterocycles. The number of benzene rings is 3. The third kappa shape index (κ3) is 4.43. The van der Waals surface area contributed by atoms with Crippen LogP contribution in [0.3, 0.4) is 0 Å². The van der Waals surface area contributed by atoms with Crippen LogP contribution in [-0.2, 0) is 17.6 Å². The van der Waals surface area contributed by atoms with Gasteiger partial charge in [0.25, 0.3) is 0 Å². The first kappa shape index (κ1) is 21.5. The molecule has 0 saturated heterocycles. The van der Waals surface area contributed by atoms with Crippen LogP contribution >= 0.6 is 0 Å². The number of ether oxygens (including phenoxy) is 2. The van der Waals surface area contributed by atoms with E-state index in [1.165, 1.54) is 0 Å². The number of nitrogens with one attached hydrogen (secondary N) is 3. The van der Waals surface area contributed by atoms with Crippen molar-refractivity contribution in [1.82, 2.24) is 25.3 Å². The molecule has 3 N–H and O–H groups in total. The molecule has 2 aromatic heterocycles. The van der Waals surface area contributed by atoms with Gasteiger partial charge in [-0.1, -0.05) is 30.3 Å². The van der Waals surface area contributed by atoms with Crippen LogP contribution in [0.2, 0.25) is 0 Å². The zero-order valence-electron chi connectivity index (χ0n) is 19.0. The van der Waals surface area contributed by atoms with Crippen molar-refractivity contribution in [3.8, 4) is 11.5 Å². The van der Waals surface area contributed by atoms with Crippen molar-refractivity contribution in [3.05, 3.63) is 83.9 Å². The Morgan fingerprint density at radius 2 is 1.56 bits per heavy atom. The molecule has 0 aliphatic rings. The summed E-state index contributed by atoms with van der Waals surface area (Å²) in [5.41, 5.74) is 4.43. The molecule has 5 rings (SSSR count). The highest BCUT2D eigenvalue weighted by Crippen LogP contribution is 2.28. The predicted octanol–water partition coefficient (Wildman–Crippen LogP) is 4.10. The van der Waals surface area contributed by atoms with Crippen LogP contribution in [0.15, 0.2) is 66.7 Å². The summed E-state index contributed by atoms with van der Waals surface area (Å²) in [4.78, 5) is 29.2. The summed E-state index contributed by atoms with van der Waals surface area (Å²) in [6, 6.07) is 20.7. The molecule has 1 unspecified atom stereocenters. The highest BCUT2D eigenvalue weighted by atomic mass is 16.5. The molecule has 8 nitrogen and oxygen atoms in total. The molecule has 0 fully saturated rings. The van der Waals surface area contributed by atoms with E-state index in [4.69, 9.17) is 14.5 Å². The standard InChI is InChI=1S/C26H25N5O3/c1-33-22-12-11-16(13-23(22)34-2)14-25(32)29-21(26-30-19-9-5-6-10-20(19)31-26)15-24-27-17-7-3-4-8-18(17)28-24/h3-13,21H,14-15H2,1-2H3,(H,27,28)(H,29,32)(H,30,31). The number of para-hydroxylation sites is 4. The third-order valence-electron chi connectivity index (χ3n) is 5.72. The zero-order chi connectivity index (χ0) is 23.5. The van der Waals surface area contributed by atoms with E-state index in [-0.39, 0.29) is 18.4 Å². The third-order valence-corrected chi connectivity index (χ3v) is 5.72. The van der Waals surface area contributed by atoms with Gasteiger partial charge >= 0.3 is 0 Å². The number of aromatic nitrogens is 4. The SMILES string of the molecule is COc1ccc(CC(=O)NC(Cc2nc3ccccc3[nH]2)c2nc3ccccc3[nH]2)cc1OC. The van der Waals surface area contributed by atoms with E-state index in [9.17, 15) is 4.79 Å². The average molecular weight is 456 g/mol. The van der Waals surface area contributed by atoms with E-state index >= 15 is 0 Å². The summed E-state index contributed by atoms with van der Waals surface area (Å²) >= 11 is 0. The minimum atomic E-state index is -0.388. The van der Waals surface area contributed by atoms with Crippen LogP contribution in [0.5, 0.6) is 11.5 Å². The van der Waals surface area contributed by atoms with Crippen LogP contribution in [0.4, 0.5) is 0 Å². The fraction of sp³-hybridized carbons (Fsp3) is 0.192. The van der Waals surface area contributed by atoms with Crippen LogP contribution in [0.1, 0.15) is 23.3 Å². The molecule has 0 aliphatic heterocycles. The lowest BCUT2D eigenvalue weighted by molar-refractivity contribution is -0.121. The molecule has 0 spiro atoms. The normalized spacial score (nSPS) is 12.1. The van der Waals surface area contributed by atoms with E-state index in [0.717, 1.165) is 33.5 Å². The Morgan fingerprint density at radius 3 is 2.24 bits per heavy atom. The quantitative estimate of drug-likeness (QED) is 0.327. The number of rotatable bonds is 8. The maximum absolute atomic E-state index is 13.1. The van der Waals surface area contributed by atoms with Crippen molar-refractivity contribution >= 4 is 28.0 Å². The van der Waals surface area contributed by atoms with E-state index in [0.29, 0.717) is 23.7 Å². The number of H-pyrrole nitrogens is 2. The molecular formula is C26H25N5O3. The molecule has 172 valence electrons. The van der Waals surface area contributed by atoms with Crippen molar-refractivity contribution in [3.63, 3.8) is 0 Å². The highest BCUT2D eigenvalue weighted by Gasteiger charge is 2.21. The van der Waals surface area contributed by atoms with Crippen molar-refractivity contribution in [2.75, 3.05) is 14.2 Å². The molecule has 0 bridgehead atoms. The second-order valence-corrected chi connectivity index (χ2v) is 8.03. The number of amides is 1. The summed E-state index contributed by atoms with van der Waals surface area (Å²) in [6.45, 7) is 0. The lowest BCUT2D eigenvalue weighted by Gasteiger charge is -2.16. The van der Waals surface area contributed by atoms with Gasteiger partial charge in [-0.05, 0) is 42.0 Å². The van der Waals surface area contributed by atoms with Crippen molar-refractivity contribution < 1.29 is 14.3 Å². The van der Waals surface area contributed by atoms with Crippen molar-refractivity contribution in [1.29, 1.82) is 0 Å². The van der Waals surface area contributed by atoms with Gasteiger partial charge in [0.05, 0.1) is 48.7 Å². The van der Waals surface area contributed by atoms with E-state index in [2.05, 4.69) is 20.3 Å². The molecule has 0 aliphatic carbocycles. The molecule has 0 radical (unpaired) electrons. The highest BCUT2D eigenvalue weighted by molar-refractivity contribution is 5.80. The predicted molar refractivity (Wildman–Crippen MR) is 130 cm³/mol. The number of methoxy groups -OCH3 is 2. The lowest BCUT2D eigenvalue weighted by atomic mass is 10.1. The first-order valence-corrected chi connectivity index (χ1v) is 11.0. The number of aromatic amines is 2. The van der Waals surface area contributed by atoms with E-state index in [1.807, 2.05) is 60.7 Å². The monoisotopic (exact) mass is 455 g/mol. The topological polar surface area (TPSA) is 105 Å². The average Bonchev–Trinajstić information content (AvgIpc) is 3.47. The molecule has 8 heteroatoms. The maximum Gasteiger partial charge on any atom is 0.225 e. The number of hydrogen-bond acceptors (Lipinski definition) is 5. The van der Waals surface area contributed by atoms with Gasteiger partial charge < -0.3 is 24.8 Å². The maximum atomic E-state index is 13.1. The number of carbonyl (C=O) groups excluding carboxylic acids is 1. The minimum Gasteiger partial charge on any atom is -0.493 e. The molecule has 1 atom stereocenters. The van der Waals surface area contributed by atoms with Gasteiger partial charge in [0.1, 0.15) is 11.6 Å². The van der Waals surface area contributed by atoms with E-state index < -0.39 is 0 Å². The first-order valence-electron chi connectivity index (χ1n) is 11.0. The number of nitrogens with zero attached hydrogens (tertiary/aromatic N) is 2. The Labute approximate surface area is 196 Å². The Bertz CT molecular complexity index is 1390.